The molecule has 1 aromatic rings. The Balaban J connectivity index is 2.18. The summed E-state index contributed by atoms with van der Waals surface area (Å²) >= 11 is 5.16. The van der Waals surface area contributed by atoms with Gasteiger partial charge in [-0.3, -0.25) is 0 Å². The highest BCUT2D eigenvalue weighted by Gasteiger charge is 2.23. The summed E-state index contributed by atoms with van der Waals surface area (Å²) in [5.74, 6) is 0.950. The van der Waals surface area contributed by atoms with Gasteiger partial charge in [-0.15, -0.1) is 0 Å². The lowest BCUT2D eigenvalue weighted by molar-refractivity contribution is 0.301. The summed E-state index contributed by atoms with van der Waals surface area (Å²) in [6, 6.07) is 0. The van der Waals surface area contributed by atoms with Crippen molar-refractivity contribution in [3.8, 4) is 0 Å². The van der Waals surface area contributed by atoms with Crippen molar-refractivity contribution in [1.29, 1.82) is 0 Å². The van der Waals surface area contributed by atoms with Crippen molar-refractivity contribution in [2.45, 2.75) is 19.9 Å². The Hall–Kier alpha value is -1.10. The predicted octanol–water partition coefficient (Wildman–Crippen LogP) is 0.845. The van der Waals surface area contributed by atoms with Gasteiger partial charge < -0.3 is 14.7 Å². The number of aromatic nitrogens is 1. The zero-order valence-corrected chi connectivity index (χ0v) is 9.15. The molecule has 0 saturated carbocycles. The third-order valence-corrected chi connectivity index (χ3v) is 3.00. The van der Waals surface area contributed by atoms with Crippen LogP contribution >= 0.6 is 12.2 Å². The van der Waals surface area contributed by atoms with Crippen molar-refractivity contribution in [3.05, 3.63) is 17.0 Å². The summed E-state index contributed by atoms with van der Waals surface area (Å²) in [4.78, 5) is 2.09. The molecule has 0 amide bonds. The summed E-state index contributed by atoms with van der Waals surface area (Å²) in [6.45, 7) is 3.65. The number of nitrogens with one attached hydrogen (secondary N) is 1. The van der Waals surface area contributed by atoms with Crippen LogP contribution in [-0.4, -0.2) is 28.8 Å². The fraction of sp³-hybridized carbons (Fsp3) is 0.556. The zero-order chi connectivity index (χ0) is 10.1. The van der Waals surface area contributed by atoms with Crippen LogP contribution in [0.2, 0.25) is 0 Å². The zero-order valence-electron chi connectivity index (χ0n) is 8.33. The second-order valence-electron chi connectivity index (χ2n) is 3.40. The third-order valence-electron chi connectivity index (χ3n) is 2.53. The Labute approximate surface area is 88.2 Å². The smallest absolute Gasteiger partial charge is 0.169 e. The molecule has 2 rings (SSSR count). The van der Waals surface area contributed by atoms with E-state index in [-0.39, 0.29) is 0 Å². The van der Waals surface area contributed by atoms with Crippen LogP contribution in [0.5, 0.6) is 0 Å². The van der Waals surface area contributed by atoms with Gasteiger partial charge in [0, 0.05) is 19.2 Å². The van der Waals surface area contributed by atoms with Crippen molar-refractivity contribution >= 4 is 17.3 Å². The Bertz CT molecular complexity index is 361. The molecule has 76 valence electrons. The molecule has 0 atom stereocenters. The van der Waals surface area contributed by atoms with Crippen LogP contribution in [0, 0.1) is 6.92 Å². The van der Waals surface area contributed by atoms with Gasteiger partial charge in [0.25, 0.3) is 0 Å². The number of hydrogen-bond acceptors (Lipinski definition) is 3. The maximum Gasteiger partial charge on any atom is 0.169 e. The normalized spacial score (nSPS) is 15.1. The van der Waals surface area contributed by atoms with E-state index in [4.69, 9.17) is 16.7 Å². The van der Waals surface area contributed by atoms with Crippen LogP contribution in [0.25, 0.3) is 0 Å². The minimum Gasteiger partial charge on any atom is -0.366 e. The third kappa shape index (κ3) is 1.48. The van der Waals surface area contributed by atoms with Crippen LogP contribution in [-0.2, 0) is 13.0 Å². The van der Waals surface area contributed by atoms with Crippen LogP contribution in [0.1, 0.15) is 17.0 Å². The lowest BCUT2D eigenvalue weighted by Gasteiger charge is -2.27. The molecule has 0 spiro atoms. The van der Waals surface area contributed by atoms with Gasteiger partial charge in [-0.25, -0.2) is 0 Å². The largest absolute Gasteiger partial charge is 0.366 e. The average molecular weight is 211 g/mol. The first-order valence-electron chi connectivity index (χ1n) is 4.63. The molecule has 14 heavy (non-hydrogen) atoms. The maximum absolute atomic E-state index is 5.23. The molecule has 5 heteroatoms. The monoisotopic (exact) mass is 211 g/mol. The van der Waals surface area contributed by atoms with Gasteiger partial charge >= 0.3 is 0 Å². The number of thiocarbonyl (C=S) groups is 1. The van der Waals surface area contributed by atoms with Crippen LogP contribution in [0.15, 0.2) is 4.52 Å². The molecule has 0 aromatic carbocycles. The van der Waals surface area contributed by atoms with Crippen LogP contribution < -0.4 is 5.32 Å². The molecule has 0 saturated heterocycles. The Morgan fingerprint density at radius 2 is 2.43 bits per heavy atom. The van der Waals surface area contributed by atoms with E-state index in [1.165, 1.54) is 5.56 Å². The molecule has 0 aliphatic carbocycles. The highest BCUT2D eigenvalue weighted by atomic mass is 32.1. The van der Waals surface area contributed by atoms with Crippen LogP contribution in [0.3, 0.4) is 0 Å². The second-order valence-corrected chi connectivity index (χ2v) is 3.78. The number of fused-ring (bicyclic) bond motifs is 1. The molecule has 0 bridgehead atoms. The molecular weight excluding hydrogens is 198 g/mol. The Morgan fingerprint density at radius 1 is 1.64 bits per heavy atom. The van der Waals surface area contributed by atoms with E-state index in [1.807, 2.05) is 14.0 Å². The van der Waals surface area contributed by atoms with E-state index in [2.05, 4.69) is 15.4 Å². The highest BCUT2D eigenvalue weighted by Crippen LogP contribution is 2.21. The number of nitrogens with zero attached hydrogens (tertiary/aromatic N) is 2. The Kier molecular flexibility index (Phi) is 2.41. The number of aryl methyl sites for hydroxylation is 1. The van der Waals surface area contributed by atoms with Crippen molar-refractivity contribution in [3.63, 3.8) is 0 Å². The van der Waals surface area contributed by atoms with Crippen LogP contribution in [0.4, 0.5) is 0 Å². The van der Waals surface area contributed by atoms with E-state index in [0.717, 1.165) is 36.1 Å². The van der Waals surface area contributed by atoms with Crippen molar-refractivity contribution in [2.24, 2.45) is 0 Å². The summed E-state index contributed by atoms with van der Waals surface area (Å²) in [5.41, 5.74) is 2.26. The quantitative estimate of drug-likeness (QED) is 0.644. The summed E-state index contributed by atoms with van der Waals surface area (Å²) in [7, 11) is 1.84. The molecule has 4 nitrogen and oxygen atoms in total. The average Bonchev–Trinajstić information content (AvgIpc) is 2.59. The molecule has 1 N–H and O–H groups in total. The minimum absolute atomic E-state index is 0.732. The maximum atomic E-state index is 5.23. The second kappa shape index (κ2) is 3.57. The van der Waals surface area contributed by atoms with Gasteiger partial charge in [-0.1, -0.05) is 5.16 Å². The topological polar surface area (TPSA) is 41.3 Å². The number of rotatable bonds is 0. The molecule has 1 aliphatic rings. The molecule has 1 aliphatic heterocycles. The first kappa shape index (κ1) is 9.45. The molecule has 2 heterocycles. The van der Waals surface area contributed by atoms with E-state index in [1.54, 1.807) is 0 Å². The van der Waals surface area contributed by atoms with Gasteiger partial charge in [0.15, 0.2) is 10.9 Å². The van der Waals surface area contributed by atoms with E-state index in [0.29, 0.717) is 0 Å². The minimum atomic E-state index is 0.732. The van der Waals surface area contributed by atoms with E-state index < -0.39 is 0 Å². The van der Waals surface area contributed by atoms with E-state index >= 15 is 0 Å². The standard InChI is InChI=1S/C9H13N3OS/c1-6-7-3-4-12(9(14)10-2)5-8(7)13-11-6/h3-5H2,1-2H3,(H,10,14). The van der Waals surface area contributed by atoms with Gasteiger partial charge in [-0.2, -0.15) is 0 Å². The lowest BCUT2D eigenvalue weighted by Crippen LogP contribution is -2.40. The van der Waals surface area contributed by atoms with Gasteiger partial charge in [0.2, 0.25) is 0 Å². The van der Waals surface area contributed by atoms with Gasteiger partial charge in [0.1, 0.15) is 0 Å². The first-order valence-corrected chi connectivity index (χ1v) is 5.04. The highest BCUT2D eigenvalue weighted by molar-refractivity contribution is 7.80. The van der Waals surface area contributed by atoms with Crippen molar-refractivity contribution in [1.82, 2.24) is 15.4 Å². The lowest BCUT2D eigenvalue weighted by atomic mass is 10.1. The van der Waals surface area contributed by atoms with Gasteiger partial charge in [0.05, 0.1) is 12.2 Å². The SMILES string of the molecule is CNC(=S)N1CCc2c(C)noc2C1. The van der Waals surface area contributed by atoms with Crippen molar-refractivity contribution < 1.29 is 4.52 Å². The van der Waals surface area contributed by atoms with Crippen molar-refractivity contribution in [2.75, 3.05) is 13.6 Å². The molecular formula is C9H13N3OS. The molecule has 0 radical (unpaired) electrons. The predicted molar refractivity (Wildman–Crippen MR) is 57.0 cm³/mol. The fourth-order valence-corrected chi connectivity index (χ4v) is 1.87. The molecule has 0 fully saturated rings. The summed E-state index contributed by atoms with van der Waals surface area (Å²) in [6.07, 6.45) is 0.965. The summed E-state index contributed by atoms with van der Waals surface area (Å²) in [5, 5.41) is 7.69. The number of hydrogen-bond donors (Lipinski definition) is 1. The first-order chi connectivity index (χ1) is 6.72. The molecule has 1 aromatic heterocycles. The summed E-state index contributed by atoms with van der Waals surface area (Å²) < 4.78 is 5.23. The van der Waals surface area contributed by atoms with E-state index in [9.17, 15) is 0 Å². The fourth-order valence-electron chi connectivity index (χ4n) is 1.71. The Morgan fingerprint density at radius 3 is 3.14 bits per heavy atom. The molecule has 0 unspecified atom stereocenters. The van der Waals surface area contributed by atoms with Gasteiger partial charge in [-0.05, 0) is 25.6 Å².